The predicted octanol–water partition coefficient (Wildman–Crippen LogP) is 4.51. The minimum absolute atomic E-state index is 0. The van der Waals surface area contributed by atoms with E-state index in [1.165, 1.54) is 10.5 Å². The van der Waals surface area contributed by atoms with Crippen molar-refractivity contribution in [3.8, 4) is 0 Å². The lowest BCUT2D eigenvalue weighted by atomic mass is 10.1. The largest absolute Gasteiger partial charge is 0.326 e. The van der Waals surface area contributed by atoms with Gasteiger partial charge in [0.05, 0.1) is 0 Å². The molecule has 2 N–H and O–H groups in total. The van der Waals surface area contributed by atoms with Gasteiger partial charge in [-0.15, -0.1) is 24.2 Å². The monoisotopic (exact) mass is 350 g/mol. The Hall–Kier alpha value is -1.49. The summed E-state index contributed by atoms with van der Waals surface area (Å²) in [4.78, 5) is 12.9. The topological polar surface area (TPSA) is 41.1 Å². The van der Waals surface area contributed by atoms with Crippen molar-refractivity contribution in [1.82, 2.24) is 5.32 Å². The Morgan fingerprint density at radius 1 is 1.09 bits per heavy atom. The predicted molar refractivity (Wildman–Crippen MR) is 102 cm³/mol. The van der Waals surface area contributed by atoms with Crippen molar-refractivity contribution in [1.29, 1.82) is 0 Å². The van der Waals surface area contributed by atoms with Crippen molar-refractivity contribution in [2.24, 2.45) is 0 Å². The van der Waals surface area contributed by atoms with Gasteiger partial charge in [-0.2, -0.15) is 0 Å². The number of anilines is 1. The van der Waals surface area contributed by atoms with Crippen LogP contribution in [0.15, 0.2) is 59.5 Å². The second-order valence-corrected chi connectivity index (χ2v) is 6.51. The Labute approximate surface area is 148 Å². The van der Waals surface area contributed by atoms with E-state index in [0.29, 0.717) is 18.2 Å². The molecule has 0 saturated carbocycles. The van der Waals surface area contributed by atoms with Crippen molar-refractivity contribution >= 4 is 35.8 Å². The SMILES string of the molecule is CNCCC(=O)Nc1ccc(C(C)Sc2ccccc2)cc1.Cl. The molecule has 0 aromatic heterocycles. The van der Waals surface area contributed by atoms with Crippen LogP contribution in [0.3, 0.4) is 0 Å². The number of thioether (sulfide) groups is 1. The third-order valence-corrected chi connectivity index (χ3v) is 4.49. The minimum atomic E-state index is 0. The molecule has 0 aliphatic heterocycles. The molecule has 2 rings (SSSR count). The number of halogens is 1. The van der Waals surface area contributed by atoms with E-state index in [1.807, 2.05) is 37.0 Å². The van der Waals surface area contributed by atoms with Gasteiger partial charge in [0.2, 0.25) is 5.91 Å². The second kappa shape index (κ2) is 10.3. The third-order valence-electron chi connectivity index (χ3n) is 3.32. The lowest BCUT2D eigenvalue weighted by Gasteiger charge is -2.12. The summed E-state index contributed by atoms with van der Waals surface area (Å²) < 4.78 is 0. The quantitative estimate of drug-likeness (QED) is 0.722. The number of nitrogens with one attached hydrogen (secondary N) is 2. The van der Waals surface area contributed by atoms with Gasteiger partial charge in [-0.1, -0.05) is 30.3 Å². The number of benzene rings is 2. The van der Waals surface area contributed by atoms with Gasteiger partial charge in [0.1, 0.15) is 0 Å². The zero-order valence-electron chi connectivity index (χ0n) is 13.4. The lowest BCUT2D eigenvalue weighted by molar-refractivity contribution is -0.116. The highest BCUT2D eigenvalue weighted by Crippen LogP contribution is 2.34. The van der Waals surface area contributed by atoms with Gasteiger partial charge < -0.3 is 10.6 Å². The average Bonchev–Trinajstić information content (AvgIpc) is 2.54. The van der Waals surface area contributed by atoms with Gasteiger partial charge in [-0.25, -0.2) is 0 Å². The molecule has 5 heteroatoms. The van der Waals surface area contributed by atoms with Crippen molar-refractivity contribution in [3.05, 3.63) is 60.2 Å². The zero-order valence-corrected chi connectivity index (χ0v) is 15.0. The Morgan fingerprint density at radius 2 is 1.74 bits per heavy atom. The maximum absolute atomic E-state index is 11.7. The maximum Gasteiger partial charge on any atom is 0.225 e. The van der Waals surface area contributed by atoms with Gasteiger partial charge in [-0.05, 0) is 43.8 Å². The van der Waals surface area contributed by atoms with Gasteiger partial charge in [0.15, 0.2) is 0 Å². The number of rotatable bonds is 7. The summed E-state index contributed by atoms with van der Waals surface area (Å²) in [6, 6.07) is 18.5. The summed E-state index contributed by atoms with van der Waals surface area (Å²) in [6.07, 6.45) is 0.485. The third kappa shape index (κ3) is 6.65. The van der Waals surface area contributed by atoms with Crippen LogP contribution in [0.1, 0.15) is 24.2 Å². The van der Waals surface area contributed by atoms with E-state index >= 15 is 0 Å². The molecule has 1 atom stereocenters. The second-order valence-electron chi connectivity index (χ2n) is 5.10. The van der Waals surface area contributed by atoms with E-state index in [9.17, 15) is 4.79 Å². The minimum Gasteiger partial charge on any atom is -0.326 e. The van der Waals surface area contributed by atoms with E-state index in [2.05, 4.69) is 54.0 Å². The smallest absolute Gasteiger partial charge is 0.225 e. The highest BCUT2D eigenvalue weighted by Gasteiger charge is 2.08. The summed E-state index contributed by atoms with van der Waals surface area (Å²) in [5, 5.41) is 6.25. The molecule has 0 fully saturated rings. The van der Waals surface area contributed by atoms with Gasteiger partial charge >= 0.3 is 0 Å². The van der Waals surface area contributed by atoms with E-state index in [1.54, 1.807) is 0 Å². The first-order valence-corrected chi connectivity index (χ1v) is 8.33. The number of hydrogen-bond acceptors (Lipinski definition) is 3. The summed E-state index contributed by atoms with van der Waals surface area (Å²) in [5.74, 6) is 0.0359. The first-order valence-electron chi connectivity index (χ1n) is 7.45. The molecule has 3 nitrogen and oxygen atoms in total. The molecule has 0 spiro atoms. The lowest BCUT2D eigenvalue weighted by Crippen LogP contribution is -2.18. The van der Waals surface area contributed by atoms with Crippen LogP contribution >= 0.6 is 24.2 Å². The van der Waals surface area contributed by atoms with Crippen LogP contribution in [-0.2, 0) is 4.79 Å². The van der Waals surface area contributed by atoms with Crippen LogP contribution in [0, 0.1) is 0 Å². The Balaban J connectivity index is 0.00000264. The fourth-order valence-electron chi connectivity index (χ4n) is 2.07. The van der Waals surface area contributed by atoms with Crippen LogP contribution in [0.4, 0.5) is 5.69 Å². The molecule has 1 unspecified atom stereocenters. The summed E-state index contributed by atoms with van der Waals surface area (Å²) in [7, 11) is 1.84. The highest BCUT2D eigenvalue weighted by molar-refractivity contribution is 7.99. The molecule has 2 aromatic carbocycles. The summed E-state index contributed by atoms with van der Waals surface area (Å²) in [5.41, 5.74) is 2.10. The molecule has 23 heavy (non-hydrogen) atoms. The van der Waals surface area contributed by atoms with Crippen molar-refractivity contribution in [3.63, 3.8) is 0 Å². The molecule has 0 heterocycles. The maximum atomic E-state index is 11.7. The molecule has 1 amide bonds. The van der Waals surface area contributed by atoms with Crippen molar-refractivity contribution in [2.45, 2.75) is 23.5 Å². The first-order chi connectivity index (χ1) is 10.7. The molecular weight excluding hydrogens is 328 g/mol. The first kappa shape index (κ1) is 19.6. The Bertz CT molecular complexity index is 590. The molecule has 0 radical (unpaired) electrons. The fourth-order valence-corrected chi connectivity index (χ4v) is 3.09. The van der Waals surface area contributed by atoms with Crippen LogP contribution in [0.25, 0.3) is 0 Å². The van der Waals surface area contributed by atoms with E-state index in [4.69, 9.17) is 0 Å². The van der Waals surface area contributed by atoms with Gasteiger partial charge in [-0.3, -0.25) is 4.79 Å². The normalized spacial score (nSPS) is 11.4. The van der Waals surface area contributed by atoms with Crippen molar-refractivity contribution < 1.29 is 4.79 Å². The Kier molecular flexibility index (Phi) is 8.77. The molecule has 0 bridgehead atoms. The number of carbonyl (C=O) groups excluding carboxylic acids is 1. The van der Waals surface area contributed by atoms with Gasteiger partial charge in [0.25, 0.3) is 0 Å². The fraction of sp³-hybridized carbons (Fsp3) is 0.278. The Morgan fingerprint density at radius 3 is 2.35 bits per heavy atom. The summed E-state index contributed by atoms with van der Waals surface area (Å²) >= 11 is 1.83. The molecule has 0 saturated heterocycles. The van der Waals surface area contributed by atoms with E-state index in [0.717, 1.165) is 5.69 Å². The number of amides is 1. The standard InChI is InChI=1S/C18H22N2OS.ClH/c1-14(22-17-6-4-3-5-7-17)15-8-10-16(11-9-15)20-18(21)12-13-19-2;/h3-11,14,19H,12-13H2,1-2H3,(H,20,21);1H. The zero-order chi connectivity index (χ0) is 15.8. The molecule has 124 valence electrons. The van der Waals surface area contributed by atoms with Crippen LogP contribution in [-0.4, -0.2) is 19.5 Å². The van der Waals surface area contributed by atoms with Gasteiger partial charge in [0, 0.05) is 28.8 Å². The van der Waals surface area contributed by atoms with E-state index in [-0.39, 0.29) is 18.3 Å². The molecular formula is C18H23ClN2OS. The molecule has 0 aliphatic carbocycles. The van der Waals surface area contributed by atoms with Crippen molar-refractivity contribution in [2.75, 3.05) is 18.9 Å². The van der Waals surface area contributed by atoms with Crippen LogP contribution in [0.2, 0.25) is 0 Å². The van der Waals surface area contributed by atoms with E-state index < -0.39 is 0 Å². The number of carbonyl (C=O) groups is 1. The molecule has 2 aromatic rings. The molecule has 0 aliphatic rings. The number of hydrogen-bond donors (Lipinski definition) is 2. The summed E-state index contributed by atoms with van der Waals surface area (Å²) in [6.45, 7) is 2.88. The average molecular weight is 351 g/mol. The van der Waals surface area contributed by atoms with Crippen LogP contribution in [0.5, 0.6) is 0 Å². The van der Waals surface area contributed by atoms with Crippen LogP contribution < -0.4 is 10.6 Å². The highest BCUT2D eigenvalue weighted by atomic mass is 35.5.